The summed E-state index contributed by atoms with van der Waals surface area (Å²) in [5, 5.41) is 0. The van der Waals surface area contributed by atoms with Gasteiger partial charge >= 0.3 is 8.25 Å². The number of halogens is 1. The predicted molar refractivity (Wildman–Crippen MR) is 19.3 cm³/mol. The Hall–Kier alpha value is 0.310. The molecule has 5 heavy (non-hydrogen) atoms. The summed E-state index contributed by atoms with van der Waals surface area (Å²) in [6.45, 7) is 0. The fourth-order valence-corrected chi connectivity index (χ4v) is 0. The summed E-state index contributed by atoms with van der Waals surface area (Å²) in [7, 11) is -2.87. The summed E-state index contributed by atoms with van der Waals surface area (Å²) in [4.78, 5) is 14.2. The van der Waals surface area contributed by atoms with Gasteiger partial charge in [0.05, 0.1) is 0 Å². The Morgan fingerprint density at radius 2 is 1.40 bits per heavy atom. The Morgan fingerprint density at radius 3 is 1.40 bits per heavy atom. The monoisotopic (exact) mass is 117 g/mol. The van der Waals surface area contributed by atoms with Crippen LogP contribution in [0.15, 0.2) is 0 Å². The van der Waals surface area contributed by atoms with Crippen molar-refractivity contribution in [2.24, 2.45) is 0 Å². The molecule has 0 saturated heterocycles. The quantitative estimate of drug-likeness (QED) is 0.441. The Bertz CT molecular complexity index is 29.9. The first-order valence-corrected chi connectivity index (χ1v) is 1.75. The van der Waals surface area contributed by atoms with E-state index in [9.17, 15) is 0 Å². The third-order valence-corrected chi connectivity index (χ3v) is 0. The summed E-state index contributed by atoms with van der Waals surface area (Å²) in [6.07, 6.45) is 0. The van der Waals surface area contributed by atoms with Crippen molar-refractivity contribution < 1.29 is 14.4 Å². The van der Waals surface area contributed by atoms with E-state index in [1.54, 1.807) is 0 Å². The van der Waals surface area contributed by atoms with Crippen LogP contribution in [0.25, 0.3) is 0 Å². The van der Waals surface area contributed by atoms with Crippen molar-refractivity contribution >= 4 is 20.7 Å². The molecule has 0 atom stereocenters. The van der Waals surface area contributed by atoms with Crippen molar-refractivity contribution in [3.05, 3.63) is 0 Å². The maximum absolute atomic E-state index is 8.70. The molecule has 0 aromatic heterocycles. The molecule has 0 unspecified atom stereocenters. The van der Waals surface area contributed by atoms with Gasteiger partial charge in [-0.25, -0.2) is 0 Å². The molecule has 0 heterocycles. The Balaban J connectivity index is 0. The Morgan fingerprint density at radius 1 is 1.40 bits per heavy atom. The molecular weight excluding hydrogens is 114 g/mol. The average Bonchev–Trinajstić information content (AvgIpc) is 0.811. The van der Waals surface area contributed by atoms with Gasteiger partial charge in [0.2, 0.25) is 0 Å². The standard InChI is InChI=1S/ClH.HO3P/c;1-4(2)3/h1H;(H-,1,2,3)/p+1. The van der Waals surface area contributed by atoms with Gasteiger partial charge in [0.25, 0.3) is 0 Å². The molecule has 32 valence electrons. The molecule has 0 rings (SSSR count). The lowest BCUT2D eigenvalue weighted by Gasteiger charge is -1.34. The maximum Gasteiger partial charge on any atom is 0.692 e. The first-order chi connectivity index (χ1) is 1.73. The van der Waals surface area contributed by atoms with Gasteiger partial charge in [-0.1, -0.05) is 0 Å². The zero-order chi connectivity index (χ0) is 3.58. The van der Waals surface area contributed by atoms with Gasteiger partial charge in [-0.2, -0.15) is 0 Å². The second kappa shape index (κ2) is 4.31. The van der Waals surface area contributed by atoms with Crippen molar-refractivity contribution in [3.8, 4) is 0 Å². The minimum Gasteiger partial charge on any atom is -0.147 e. The van der Waals surface area contributed by atoms with Crippen LogP contribution in [0, 0.1) is 0 Å². The van der Waals surface area contributed by atoms with E-state index in [0.717, 1.165) is 0 Å². The summed E-state index contributed by atoms with van der Waals surface area (Å²) >= 11 is 0. The molecule has 0 aliphatic heterocycles. The SMILES string of the molecule is Cl.O=[P+](O)O. The fraction of sp³-hybridized carbons (Fsp3) is 0. The third kappa shape index (κ3) is 239. The maximum atomic E-state index is 8.70. The van der Waals surface area contributed by atoms with E-state index in [0.29, 0.717) is 0 Å². The van der Waals surface area contributed by atoms with E-state index in [2.05, 4.69) is 0 Å². The van der Waals surface area contributed by atoms with Gasteiger partial charge in [0.15, 0.2) is 0 Å². The third-order valence-electron chi connectivity index (χ3n) is 0. The normalized spacial score (nSPS) is 5.20. The van der Waals surface area contributed by atoms with E-state index in [4.69, 9.17) is 14.4 Å². The van der Waals surface area contributed by atoms with E-state index in [-0.39, 0.29) is 12.4 Å². The minimum absolute atomic E-state index is 0. The zero-order valence-corrected chi connectivity index (χ0v) is 3.87. The van der Waals surface area contributed by atoms with Gasteiger partial charge < -0.3 is 0 Å². The smallest absolute Gasteiger partial charge is 0.147 e. The first-order valence-electron chi connectivity index (χ1n) is 0.583. The van der Waals surface area contributed by atoms with Crippen molar-refractivity contribution in [3.63, 3.8) is 0 Å². The summed E-state index contributed by atoms with van der Waals surface area (Å²) in [5.74, 6) is 0. The van der Waals surface area contributed by atoms with E-state index in [1.807, 2.05) is 0 Å². The van der Waals surface area contributed by atoms with Crippen LogP contribution in [0.1, 0.15) is 0 Å². The van der Waals surface area contributed by atoms with Crippen molar-refractivity contribution in [1.29, 1.82) is 0 Å². The van der Waals surface area contributed by atoms with Crippen LogP contribution < -0.4 is 0 Å². The fourth-order valence-electron chi connectivity index (χ4n) is 0. The van der Waals surface area contributed by atoms with E-state index < -0.39 is 8.25 Å². The highest BCUT2D eigenvalue weighted by Crippen LogP contribution is 1.98. The molecule has 0 bridgehead atoms. The van der Waals surface area contributed by atoms with Gasteiger partial charge in [0, 0.05) is 4.57 Å². The first kappa shape index (κ1) is 9.00. The van der Waals surface area contributed by atoms with Crippen LogP contribution in [-0.4, -0.2) is 9.79 Å². The summed E-state index contributed by atoms with van der Waals surface area (Å²) in [5.41, 5.74) is 0. The molecular formula is H3ClO3P+. The van der Waals surface area contributed by atoms with Crippen LogP contribution in [0.4, 0.5) is 0 Å². The molecule has 0 aromatic rings. The second-order valence-corrected chi connectivity index (χ2v) is 0.758. The molecule has 0 amide bonds. The Kier molecular flexibility index (Phi) is 7.76. The number of hydrogen-bond donors (Lipinski definition) is 2. The molecule has 3 nitrogen and oxygen atoms in total. The average molecular weight is 117 g/mol. The van der Waals surface area contributed by atoms with Crippen molar-refractivity contribution in [2.45, 2.75) is 0 Å². The molecule has 0 aromatic carbocycles. The van der Waals surface area contributed by atoms with Crippen LogP contribution in [-0.2, 0) is 4.57 Å². The minimum atomic E-state index is -2.87. The van der Waals surface area contributed by atoms with Gasteiger partial charge in [-0.15, -0.1) is 22.2 Å². The topological polar surface area (TPSA) is 57.5 Å². The van der Waals surface area contributed by atoms with Crippen molar-refractivity contribution in [2.75, 3.05) is 0 Å². The number of hydrogen-bond acceptors (Lipinski definition) is 1. The van der Waals surface area contributed by atoms with Crippen molar-refractivity contribution in [1.82, 2.24) is 0 Å². The lowest BCUT2D eigenvalue weighted by atomic mass is 15.8. The van der Waals surface area contributed by atoms with E-state index in [1.165, 1.54) is 0 Å². The van der Waals surface area contributed by atoms with Gasteiger partial charge in [-0.05, 0) is 0 Å². The molecule has 2 N–H and O–H groups in total. The van der Waals surface area contributed by atoms with Crippen LogP contribution >= 0.6 is 20.7 Å². The predicted octanol–water partition coefficient (Wildman–Crippen LogP) is 0.0502. The van der Waals surface area contributed by atoms with Gasteiger partial charge in [0.1, 0.15) is 0 Å². The second-order valence-electron chi connectivity index (χ2n) is 0.253. The molecule has 0 radical (unpaired) electrons. The molecule has 0 fully saturated rings. The number of rotatable bonds is 0. The lowest BCUT2D eigenvalue weighted by molar-refractivity contribution is 0.405. The molecule has 5 heteroatoms. The highest BCUT2D eigenvalue weighted by molar-refractivity contribution is 7.30. The van der Waals surface area contributed by atoms with Crippen LogP contribution in [0.5, 0.6) is 0 Å². The van der Waals surface area contributed by atoms with Gasteiger partial charge in [-0.3, -0.25) is 0 Å². The molecule has 0 aliphatic rings. The van der Waals surface area contributed by atoms with E-state index >= 15 is 0 Å². The Labute approximate surface area is 36.0 Å². The highest BCUT2D eigenvalue weighted by atomic mass is 35.5. The lowest BCUT2D eigenvalue weighted by Crippen LogP contribution is -1.38. The molecule has 0 spiro atoms. The zero-order valence-electron chi connectivity index (χ0n) is 2.16. The van der Waals surface area contributed by atoms with Crippen LogP contribution in [0.2, 0.25) is 0 Å². The largest absolute Gasteiger partial charge is 0.692 e. The summed E-state index contributed by atoms with van der Waals surface area (Å²) in [6, 6.07) is 0. The summed E-state index contributed by atoms with van der Waals surface area (Å²) < 4.78 is 8.70. The molecule has 0 saturated carbocycles. The van der Waals surface area contributed by atoms with Crippen LogP contribution in [0.3, 0.4) is 0 Å². The molecule has 0 aliphatic carbocycles. The highest BCUT2D eigenvalue weighted by Gasteiger charge is 1.93.